The fraction of sp³-hybridized carbons (Fsp3) is 0.357. The predicted molar refractivity (Wildman–Crippen MR) is 71.2 cm³/mol. The van der Waals surface area contributed by atoms with Gasteiger partial charge in [-0.2, -0.15) is 0 Å². The van der Waals surface area contributed by atoms with E-state index in [1.165, 1.54) is 7.11 Å². The van der Waals surface area contributed by atoms with Crippen LogP contribution in [0.3, 0.4) is 0 Å². The van der Waals surface area contributed by atoms with Crippen molar-refractivity contribution in [2.75, 3.05) is 20.8 Å². The molecule has 0 saturated heterocycles. The molecular formula is C14H17NO4. The number of carbonyl (C=O) groups is 1. The van der Waals surface area contributed by atoms with Crippen molar-refractivity contribution in [3.8, 4) is 5.75 Å². The zero-order valence-electron chi connectivity index (χ0n) is 11.2. The molecule has 0 aliphatic heterocycles. The second-order valence-electron chi connectivity index (χ2n) is 4.21. The number of hydrogen-bond donors (Lipinski definition) is 1. The van der Waals surface area contributed by atoms with Gasteiger partial charge in [0.1, 0.15) is 5.76 Å². The Bertz CT molecular complexity index is 576. The number of rotatable bonds is 5. The summed E-state index contributed by atoms with van der Waals surface area (Å²) < 4.78 is 15.6. The zero-order chi connectivity index (χ0) is 13.8. The minimum Gasteiger partial charge on any atom is -0.493 e. The Morgan fingerprint density at radius 3 is 2.89 bits per heavy atom. The van der Waals surface area contributed by atoms with Crippen molar-refractivity contribution >= 4 is 16.9 Å². The van der Waals surface area contributed by atoms with Crippen LogP contribution < -0.4 is 10.1 Å². The van der Waals surface area contributed by atoms with E-state index in [9.17, 15) is 4.79 Å². The summed E-state index contributed by atoms with van der Waals surface area (Å²) >= 11 is 0. The van der Waals surface area contributed by atoms with Crippen LogP contribution in [0.5, 0.6) is 5.75 Å². The van der Waals surface area contributed by atoms with Crippen molar-refractivity contribution in [3.05, 3.63) is 30.0 Å². The van der Waals surface area contributed by atoms with E-state index in [0.29, 0.717) is 11.3 Å². The van der Waals surface area contributed by atoms with Gasteiger partial charge in [-0.25, -0.2) is 0 Å². The van der Waals surface area contributed by atoms with Crippen LogP contribution in [0.1, 0.15) is 18.7 Å². The van der Waals surface area contributed by atoms with E-state index in [0.717, 1.165) is 11.1 Å². The molecule has 5 heteroatoms. The second kappa shape index (κ2) is 5.75. The fourth-order valence-electron chi connectivity index (χ4n) is 1.84. The van der Waals surface area contributed by atoms with Gasteiger partial charge in [0.15, 0.2) is 11.3 Å². The highest BCUT2D eigenvalue weighted by atomic mass is 16.5. The first kappa shape index (κ1) is 13.4. The van der Waals surface area contributed by atoms with Crippen LogP contribution in [0.25, 0.3) is 11.0 Å². The van der Waals surface area contributed by atoms with Crippen LogP contribution in [-0.2, 0) is 9.53 Å². The second-order valence-corrected chi connectivity index (χ2v) is 4.21. The average Bonchev–Trinajstić information content (AvgIpc) is 2.88. The Morgan fingerprint density at radius 2 is 2.21 bits per heavy atom. The van der Waals surface area contributed by atoms with Crippen LogP contribution in [-0.4, -0.2) is 26.7 Å². The van der Waals surface area contributed by atoms with E-state index < -0.39 is 0 Å². The van der Waals surface area contributed by atoms with Crippen LogP contribution in [0, 0.1) is 0 Å². The van der Waals surface area contributed by atoms with Gasteiger partial charge < -0.3 is 13.9 Å². The largest absolute Gasteiger partial charge is 0.493 e. The summed E-state index contributed by atoms with van der Waals surface area (Å²) in [5, 5.41) is 4.01. The molecular weight excluding hydrogens is 246 g/mol. The Hall–Kier alpha value is -2.01. The van der Waals surface area contributed by atoms with Gasteiger partial charge in [0.2, 0.25) is 0 Å². The van der Waals surface area contributed by atoms with Gasteiger partial charge >= 0.3 is 5.97 Å². The van der Waals surface area contributed by atoms with Crippen molar-refractivity contribution in [2.24, 2.45) is 0 Å². The van der Waals surface area contributed by atoms with Crippen molar-refractivity contribution in [2.45, 2.75) is 13.0 Å². The summed E-state index contributed by atoms with van der Waals surface area (Å²) in [5.41, 5.74) is 0.715. The SMILES string of the molecule is COC(=O)CNC(C)c1cc2cccc(OC)c2o1. The Morgan fingerprint density at radius 1 is 1.42 bits per heavy atom. The third kappa shape index (κ3) is 2.88. The summed E-state index contributed by atoms with van der Waals surface area (Å²) in [6, 6.07) is 7.57. The van der Waals surface area contributed by atoms with Crippen molar-refractivity contribution in [1.29, 1.82) is 0 Å². The van der Waals surface area contributed by atoms with E-state index in [1.54, 1.807) is 7.11 Å². The Kier molecular flexibility index (Phi) is 4.06. The quantitative estimate of drug-likeness (QED) is 0.838. The molecule has 0 aliphatic carbocycles. The monoisotopic (exact) mass is 263 g/mol. The van der Waals surface area contributed by atoms with Crippen molar-refractivity contribution < 1.29 is 18.7 Å². The molecule has 0 amide bonds. The lowest BCUT2D eigenvalue weighted by atomic mass is 10.2. The summed E-state index contributed by atoms with van der Waals surface area (Å²) in [6.45, 7) is 2.07. The molecule has 0 bridgehead atoms. The fourth-order valence-corrected chi connectivity index (χ4v) is 1.84. The lowest BCUT2D eigenvalue weighted by Gasteiger charge is -2.09. The number of methoxy groups -OCH3 is 2. The molecule has 1 aromatic heterocycles. The highest BCUT2D eigenvalue weighted by Gasteiger charge is 2.14. The topological polar surface area (TPSA) is 60.7 Å². The van der Waals surface area contributed by atoms with Crippen molar-refractivity contribution in [1.82, 2.24) is 5.32 Å². The Balaban J connectivity index is 2.18. The van der Waals surface area contributed by atoms with Gasteiger partial charge in [-0.05, 0) is 19.1 Å². The third-order valence-electron chi connectivity index (χ3n) is 2.95. The maximum absolute atomic E-state index is 11.1. The molecule has 0 aliphatic rings. The van der Waals surface area contributed by atoms with Crippen LogP contribution in [0.4, 0.5) is 0 Å². The Labute approximate surface area is 111 Å². The van der Waals surface area contributed by atoms with Gasteiger partial charge in [0, 0.05) is 5.39 Å². The highest BCUT2D eigenvalue weighted by Crippen LogP contribution is 2.30. The molecule has 2 aromatic rings. The molecule has 2 rings (SSSR count). The molecule has 1 atom stereocenters. The number of hydrogen-bond acceptors (Lipinski definition) is 5. The first-order valence-electron chi connectivity index (χ1n) is 6.02. The van der Waals surface area contributed by atoms with Gasteiger partial charge in [-0.15, -0.1) is 0 Å². The maximum atomic E-state index is 11.1. The summed E-state index contributed by atoms with van der Waals surface area (Å²) in [7, 11) is 2.97. The number of nitrogens with one attached hydrogen (secondary N) is 1. The minimum absolute atomic E-state index is 0.0868. The summed E-state index contributed by atoms with van der Waals surface area (Å²) in [5.74, 6) is 1.15. The average molecular weight is 263 g/mol. The number of carbonyl (C=O) groups excluding carboxylic acids is 1. The number of para-hydroxylation sites is 1. The van der Waals surface area contributed by atoms with Gasteiger partial charge in [0.25, 0.3) is 0 Å². The smallest absolute Gasteiger partial charge is 0.319 e. The number of furan rings is 1. The molecule has 19 heavy (non-hydrogen) atoms. The first-order chi connectivity index (χ1) is 9.15. The molecule has 0 spiro atoms. The zero-order valence-corrected chi connectivity index (χ0v) is 11.2. The first-order valence-corrected chi connectivity index (χ1v) is 6.02. The van der Waals surface area contributed by atoms with Crippen LogP contribution in [0.15, 0.2) is 28.7 Å². The van der Waals surface area contributed by atoms with Gasteiger partial charge in [0.05, 0.1) is 26.8 Å². The van der Waals surface area contributed by atoms with E-state index in [4.69, 9.17) is 9.15 Å². The molecule has 1 unspecified atom stereocenters. The maximum Gasteiger partial charge on any atom is 0.319 e. The highest BCUT2D eigenvalue weighted by molar-refractivity contribution is 5.83. The summed E-state index contributed by atoms with van der Waals surface area (Å²) in [6.07, 6.45) is 0. The molecule has 1 aromatic carbocycles. The van der Waals surface area contributed by atoms with Gasteiger partial charge in [-0.3, -0.25) is 10.1 Å². The van der Waals surface area contributed by atoms with Crippen molar-refractivity contribution in [3.63, 3.8) is 0 Å². The predicted octanol–water partition coefficient (Wildman–Crippen LogP) is 2.27. The van der Waals surface area contributed by atoms with E-state index in [-0.39, 0.29) is 18.6 Å². The van der Waals surface area contributed by atoms with Crippen LogP contribution in [0.2, 0.25) is 0 Å². The molecule has 0 saturated carbocycles. The lowest BCUT2D eigenvalue weighted by molar-refractivity contribution is -0.139. The molecule has 1 heterocycles. The lowest BCUT2D eigenvalue weighted by Crippen LogP contribution is -2.26. The molecule has 102 valence electrons. The third-order valence-corrected chi connectivity index (χ3v) is 2.95. The van der Waals surface area contributed by atoms with Gasteiger partial charge in [-0.1, -0.05) is 12.1 Å². The van der Waals surface area contributed by atoms with Crippen LogP contribution >= 0.6 is 0 Å². The van der Waals surface area contributed by atoms with E-state index in [1.807, 2.05) is 31.2 Å². The number of benzene rings is 1. The number of esters is 1. The van der Waals surface area contributed by atoms with E-state index in [2.05, 4.69) is 10.1 Å². The van der Waals surface area contributed by atoms with E-state index >= 15 is 0 Å². The molecule has 1 N–H and O–H groups in total. The molecule has 0 fully saturated rings. The molecule has 0 radical (unpaired) electrons. The normalized spacial score (nSPS) is 12.4. The minimum atomic E-state index is -0.305. The number of ether oxygens (including phenoxy) is 2. The standard InChI is InChI=1S/C14H17NO4/c1-9(15-8-13(16)18-3)12-7-10-5-4-6-11(17-2)14(10)19-12/h4-7,9,15H,8H2,1-3H3. The molecule has 5 nitrogen and oxygen atoms in total. The summed E-state index contributed by atoms with van der Waals surface area (Å²) in [4.78, 5) is 11.1. The number of fused-ring (bicyclic) bond motifs is 1.